The molecule has 0 radical (unpaired) electrons. The highest BCUT2D eigenvalue weighted by molar-refractivity contribution is 5.62. The lowest BCUT2D eigenvalue weighted by atomic mass is 10.00. The minimum absolute atomic E-state index is 0.205. The fourth-order valence-electron chi connectivity index (χ4n) is 4.72. The molecule has 0 amide bonds. The Morgan fingerprint density at radius 2 is 1.84 bits per heavy atom. The van der Waals surface area contributed by atoms with Gasteiger partial charge in [0.1, 0.15) is 5.75 Å². The van der Waals surface area contributed by atoms with Gasteiger partial charge in [0, 0.05) is 50.9 Å². The number of H-pyrrole nitrogens is 1. The molecule has 0 aliphatic carbocycles. The summed E-state index contributed by atoms with van der Waals surface area (Å²) in [5.41, 5.74) is 7.30. The molecule has 1 atom stereocenters. The molecule has 0 unspecified atom stereocenters. The monoisotopic (exact) mass is 434 g/mol. The third-order valence-corrected chi connectivity index (χ3v) is 6.77. The largest absolute Gasteiger partial charge is 0.496 e. The molecule has 6 heteroatoms. The number of hydrogen-bond donors (Lipinski definition) is 2. The number of aliphatic hydroxyl groups excluding tert-OH is 1. The molecule has 4 rings (SSSR count). The van der Waals surface area contributed by atoms with Crippen LogP contribution in [0.25, 0.3) is 11.3 Å². The van der Waals surface area contributed by atoms with Gasteiger partial charge in [-0.05, 0) is 48.6 Å². The molecule has 0 saturated carbocycles. The van der Waals surface area contributed by atoms with Gasteiger partial charge in [-0.2, -0.15) is 5.10 Å². The number of nitrogens with zero attached hydrogens (tertiary/aromatic N) is 3. The zero-order chi connectivity index (χ0) is 22.5. The fraction of sp³-hybridized carbons (Fsp3) is 0.423. The van der Waals surface area contributed by atoms with E-state index in [1.54, 1.807) is 7.11 Å². The number of piperazine rings is 1. The van der Waals surface area contributed by atoms with E-state index in [0.29, 0.717) is 6.04 Å². The van der Waals surface area contributed by atoms with Crippen LogP contribution in [-0.2, 0) is 13.1 Å². The summed E-state index contributed by atoms with van der Waals surface area (Å²) in [5.74, 6) is 0.942. The SMILES string of the molecule is COc1ccc(CN2CCN(Cc3cn[nH]c3-c3ccccc3)C[C@@H]2CCO)c(C)c1C. The van der Waals surface area contributed by atoms with Crippen LogP contribution in [-0.4, -0.2) is 64.5 Å². The molecular weight excluding hydrogens is 400 g/mol. The zero-order valence-electron chi connectivity index (χ0n) is 19.3. The van der Waals surface area contributed by atoms with Crippen molar-refractivity contribution in [3.05, 3.63) is 70.9 Å². The normalized spacial score (nSPS) is 17.6. The molecule has 1 saturated heterocycles. The van der Waals surface area contributed by atoms with Crippen LogP contribution < -0.4 is 4.74 Å². The maximum Gasteiger partial charge on any atom is 0.122 e. The molecular formula is C26H34N4O2. The van der Waals surface area contributed by atoms with Crippen molar-refractivity contribution in [2.24, 2.45) is 0 Å². The van der Waals surface area contributed by atoms with Crippen molar-refractivity contribution in [1.29, 1.82) is 0 Å². The predicted octanol–water partition coefficient (Wildman–Crippen LogP) is 3.77. The van der Waals surface area contributed by atoms with Gasteiger partial charge in [-0.15, -0.1) is 0 Å². The number of methoxy groups -OCH3 is 1. The molecule has 6 nitrogen and oxygen atoms in total. The fourth-order valence-corrected chi connectivity index (χ4v) is 4.72. The number of rotatable bonds is 8. The van der Waals surface area contributed by atoms with E-state index in [1.807, 2.05) is 12.3 Å². The second kappa shape index (κ2) is 10.3. The topological polar surface area (TPSA) is 64.6 Å². The van der Waals surface area contributed by atoms with E-state index in [-0.39, 0.29) is 6.61 Å². The molecule has 1 aromatic heterocycles. The van der Waals surface area contributed by atoms with Crippen molar-refractivity contribution in [2.45, 2.75) is 39.4 Å². The maximum atomic E-state index is 9.73. The third-order valence-electron chi connectivity index (χ3n) is 6.77. The third kappa shape index (κ3) is 4.88. The van der Waals surface area contributed by atoms with Crippen LogP contribution in [0.1, 0.15) is 28.7 Å². The molecule has 1 fully saturated rings. The average molecular weight is 435 g/mol. The molecule has 1 aliphatic rings. The first kappa shape index (κ1) is 22.5. The number of aromatic amines is 1. The van der Waals surface area contributed by atoms with Crippen molar-refractivity contribution in [3.63, 3.8) is 0 Å². The van der Waals surface area contributed by atoms with Gasteiger partial charge in [0.2, 0.25) is 0 Å². The van der Waals surface area contributed by atoms with E-state index in [4.69, 9.17) is 4.74 Å². The van der Waals surface area contributed by atoms with Crippen LogP contribution in [0.4, 0.5) is 0 Å². The van der Waals surface area contributed by atoms with Gasteiger partial charge in [-0.25, -0.2) is 0 Å². The quantitative estimate of drug-likeness (QED) is 0.565. The number of aliphatic hydroxyl groups is 1. The van der Waals surface area contributed by atoms with E-state index >= 15 is 0 Å². The van der Waals surface area contributed by atoms with Crippen molar-refractivity contribution in [2.75, 3.05) is 33.4 Å². The lowest BCUT2D eigenvalue weighted by Crippen LogP contribution is -2.52. The van der Waals surface area contributed by atoms with Crippen LogP contribution in [0.3, 0.4) is 0 Å². The first-order chi connectivity index (χ1) is 15.6. The van der Waals surface area contributed by atoms with Crippen LogP contribution in [0, 0.1) is 13.8 Å². The number of nitrogens with one attached hydrogen (secondary N) is 1. The molecule has 1 aliphatic heterocycles. The first-order valence-electron chi connectivity index (χ1n) is 11.4. The van der Waals surface area contributed by atoms with Crippen LogP contribution >= 0.6 is 0 Å². The van der Waals surface area contributed by atoms with Gasteiger partial charge in [0.05, 0.1) is 19.0 Å². The zero-order valence-corrected chi connectivity index (χ0v) is 19.3. The second-order valence-corrected chi connectivity index (χ2v) is 8.68. The van der Waals surface area contributed by atoms with Crippen molar-refractivity contribution < 1.29 is 9.84 Å². The Bertz CT molecular complexity index is 1020. The lowest BCUT2D eigenvalue weighted by Gasteiger charge is -2.41. The first-order valence-corrected chi connectivity index (χ1v) is 11.4. The summed E-state index contributed by atoms with van der Waals surface area (Å²) in [6, 6.07) is 14.9. The number of ether oxygens (including phenoxy) is 1. The Morgan fingerprint density at radius 3 is 2.59 bits per heavy atom. The summed E-state index contributed by atoms with van der Waals surface area (Å²) in [4.78, 5) is 5.01. The lowest BCUT2D eigenvalue weighted by molar-refractivity contribution is 0.0499. The minimum atomic E-state index is 0.205. The van der Waals surface area contributed by atoms with Crippen molar-refractivity contribution in [1.82, 2.24) is 20.0 Å². The Morgan fingerprint density at radius 1 is 1.03 bits per heavy atom. The van der Waals surface area contributed by atoms with Gasteiger partial charge in [0.15, 0.2) is 0 Å². The van der Waals surface area contributed by atoms with Gasteiger partial charge in [-0.3, -0.25) is 14.9 Å². The van der Waals surface area contributed by atoms with Crippen LogP contribution in [0.2, 0.25) is 0 Å². The summed E-state index contributed by atoms with van der Waals surface area (Å²) in [5, 5.41) is 17.2. The van der Waals surface area contributed by atoms with Crippen molar-refractivity contribution in [3.8, 4) is 17.0 Å². The highest BCUT2D eigenvalue weighted by Crippen LogP contribution is 2.27. The highest BCUT2D eigenvalue weighted by atomic mass is 16.5. The maximum absolute atomic E-state index is 9.73. The molecule has 2 N–H and O–H groups in total. The number of aromatic nitrogens is 2. The molecule has 0 spiro atoms. The smallest absolute Gasteiger partial charge is 0.122 e. The average Bonchev–Trinajstić information content (AvgIpc) is 3.27. The van der Waals surface area contributed by atoms with E-state index < -0.39 is 0 Å². The highest BCUT2D eigenvalue weighted by Gasteiger charge is 2.28. The summed E-state index contributed by atoms with van der Waals surface area (Å²) in [6.45, 7) is 9.17. The minimum Gasteiger partial charge on any atom is -0.496 e. The molecule has 32 heavy (non-hydrogen) atoms. The molecule has 0 bridgehead atoms. The van der Waals surface area contributed by atoms with E-state index in [1.165, 1.54) is 22.3 Å². The Kier molecular flexibility index (Phi) is 7.25. The van der Waals surface area contributed by atoms with Gasteiger partial charge in [0.25, 0.3) is 0 Å². The van der Waals surface area contributed by atoms with Crippen LogP contribution in [0.5, 0.6) is 5.75 Å². The summed E-state index contributed by atoms with van der Waals surface area (Å²) in [6.07, 6.45) is 2.72. The van der Waals surface area contributed by atoms with Gasteiger partial charge in [-0.1, -0.05) is 36.4 Å². The van der Waals surface area contributed by atoms with Gasteiger partial charge >= 0.3 is 0 Å². The number of benzene rings is 2. The Labute approximate surface area is 190 Å². The Balaban J connectivity index is 1.45. The molecule has 2 heterocycles. The second-order valence-electron chi connectivity index (χ2n) is 8.68. The Hall–Kier alpha value is -2.67. The van der Waals surface area contributed by atoms with Crippen LogP contribution in [0.15, 0.2) is 48.7 Å². The summed E-state index contributed by atoms with van der Waals surface area (Å²) >= 11 is 0. The molecule has 2 aromatic carbocycles. The molecule has 170 valence electrons. The van der Waals surface area contributed by atoms with E-state index in [2.05, 4.69) is 70.2 Å². The van der Waals surface area contributed by atoms with E-state index in [0.717, 1.165) is 56.2 Å². The van der Waals surface area contributed by atoms with E-state index in [9.17, 15) is 5.11 Å². The van der Waals surface area contributed by atoms with Gasteiger partial charge < -0.3 is 9.84 Å². The van der Waals surface area contributed by atoms with Crippen molar-refractivity contribution >= 4 is 0 Å². The summed E-state index contributed by atoms with van der Waals surface area (Å²) < 4.78 is 5.48. The predicted molar refractivity (Wildman–Crippen MR) is 128 cm³/mol. The molecule has 3 aromatic rings. The summed E-state index contributed by atoms with van der Waals surface area (Å²) in [7, 11) is 1.72. The number of hydrogen-bond acceptors (Lipinski definition) is 5. The standard InChI is InChI=1S/C26H34N4O2/c1-19-20(2)25(32-3)10-9-22(19)17-30-13-12-29(18-24(30)11-14-31)16-23-15-27-28-26(23)21-7-5-4-6-8-21/h4-10,15,24,31H,11-14,16-18H2,1-3H3,(H,27,28)/t24-/m0/s1.